The highest BCUT2D eigenvalue weighted by atomic mass is 35.5. The molecule has 0 saturated carbocycles. The van der Waals surface area contributed by atoms with E-state index >= 15 is 0 Å². The Bertz CT molecular complexity index is 411. The molecule has 1 fully saturated rings. The van der Waals surface area contributed by atoms with E-state index in [9.17, 15) is 4.79 Å². The molecule has 2 rings (SSSR count). The summed E-state index contributed by atoms with van der Waals surface area (Å²) in [6.45, 7) is 6.31. The summed E-state index contributed by atoms with van der Waals surface area (Å²) in [5, 5.41) is 6.33. The SMILES string of the molecule is CC(C)c1ccc(CCC(=O)NC2CCNC2)cc1.Cl. The van der Waals surface area contributed by atoms with Gasteiger partial charge in [-0.05, 0) is 36.4 Å². The van der Waals surface area contributed by atoms with Gasteiger partial charge in [0.25, 0.3) is 0 Å². The van der Waals surface area contributed by atoms with Gasteiger partial charge in [-0.1, -0.05) is 38.1 Å². The third-order valence-electron chi connectivity index (χ3n) is 3.71. The van der Waals surface area contributed by atoms with Crippen molar-refractivity contribution in [3.63, 3.8) is 0 Å². The first-order valence-corrected chi connectivity index (χ1v) is 7.24. The number of hydrogen-bond acceptors (Lipinski definition) is 2. The average molecular weight is 297 g/mol. The van der Waals surface area contributed by atoms with Crippen LogP contribution in [0.2, 0.25) is 0 Å². The fourth-order valence-corrected chi connectivity index (χ4v) is 2.40. The highest BCUT2D eigenvalue weighted by molar-refractivity contribution is 5.85. The van der Waals surface area contributed by atoms with Crippen molar-refractivity contribution in [3.8, 4) is 0 Å². The zero-order valence-electron chi connectivity index (χ0n) is 12.3. The maximum Gasteiger partial charge on any atom is 0.220 e. The van der Waals surface area contributed by atoms with E-state index in [0.29, 0.717) is 18.4 Å². The van der Waals surface area contributed by atoms with Gasteiger partial charge in [0.05, 0.1) is 0 Å². The maximum atomic E-state index is 11.8. The summed E-state index contributed by atoms with van der Waals surface area (Å²) >= 11 is 0. The highest BCUT2D eigenvalue weighted by Gasteiger charge is 2.16. The van der Waals surface area contributed by atoms with Gasteiger partial charge in [-0.3, -0.25) is 4.79 Å². The van der Waals surface area contributed by atoms with Gasteiger partial charge in [-0.15, -0.1) is 12.4 Å². The van der Waals surface area contributed by atoms with Crippen LogP contribution < -0.4 is 10.6 Å². The quantitative estimate of drug-likeness (QED) is 0.877. The van der Waals surface area contributed by atoms with Crippen molar-refractivity contribution in [2.45, 2.75) is 45.1 Å². The molecule has 0 spiro atoms. The van der Waals surface area contributed by atoms with Gasteiger partial charge in [0.15, 0.2) is 0 Å². The van der Waals surface area contributed by atoms with Crippen LogP contribution in [-0.4, -0.2) is 25.0 Å². The smallest absolute Gasteiger partial charge is 0.220 e. The molecule has 1 aromatic rings. The molecule has 0 radical (unpaired) electrons. The molecule has 1 unspecified atom stereocenters. The maximum absolute atomic E-state index is 11.8. The molecule has 20 heavy (non-hydrogen) atoms. The number of hydrogen-bond donors (Lipinski definition) is 2. The van der Waals surface area contributed by atoms with Crippen molar-refractivity contribution in [2.75, 3.05) is 13.1 Å². The zero-order valence-corrected chi connectivity index (χ0v) is 13.1. The molecule has 3 nitrogen and oxygen atoms in total. The van der Waals surface area contributed by atoms with Crippen LogP contribution in [0.1, 0.15) is 43.7 Å². The molecule has 1 saturated heterocycles. The van der Waals surface area contributed by atoms with Gasteiger partial charge < -0.3 is 10.6 Å². The van der Waals surface area contributed by atoms with Gasteiger partial charge in [0.1, 0.15) is 0 Å². The topological polar surface area (TPSA) is 41.1 Å². The number of nitrogens with one attached hydrogen (secondary N) is 2. The molecular formula is C16H25ClN2O. The summed E-state index contributed by atoms with van der Waals surface area (Å²) in [6.07, 6.45) is 2.46. The third kappa shape index (κ3) is 5.14. The molecule has 0 aliphatic carbocycles. The van der Waals surface area contributed by atoms with Crippen LogP contribution in [-0.2, 0) is 11.2 Å². The molecular weight excluding hydrogens is 272 g/mol. The minimum Gasteiger partial charge on any atom is -0.352 e. The van der Waals surface area contributed by atoms with Crippen molar-refractivity contribution in [1.29, 1.82) is 0 Å². The van der Waals surface area contributed by atoms with Crippen LogP contribution in [0.3, 0.4) is 0 Å². The van der Waals surface area contributed by atoms with Gasteiger partial charge in [0.2, 0.25) is 5.91 Å². The Labute approximate surface area is 127 Å². The van der Waals surface area contributed by atoms with Crippen LogP contribution in [0.25, 0.3) is 0 Å². The van der Waals surface area contributed by atoms with Crippen molar-refractivity contribution in [2.24, 2.45) is 0 Å². The van der Waals surface area contributed by atoms with Crippen LogP contribution in [0, 0.1) is 0 Å². The third-order valence-corrected chi connectivity index (χ3v) is 3.71. The molecule has 1 heterocycles. The van der Waals surface area contributed by atoms with Crippen molar-refractivity contribution < 1.29 is 4.79 Å². The standard InChI is InChI=1S/C16H24N2O.ClH/c1-12(2)14-6-3-13(4-7-14)5-8-16(19)18-15-9-10-17-11-15;/h3-4,6-7,12,15,17H,5,8-11H2,1-2H3,(H,18,19);1H. The van der Waals surface area contributed by atoms with Gasteiger partial charge in [0, 0.05) is 19.0 Å². The van der Waals surface area contributed by atoms with Crippen LogP contribution in [0.4, 0.5) is 0 Å². The summed E-state index contributed by atoms with van der Waals surface area (Å²) in [5.74, 6) is 0.730. The van der Waals surface area contributed by atoms with E-state index in [1.165, 1.54) is 11.1 Å². The van der Waals surface area contributed by atoms with E-state index in [1.54, 1.807) is 0 Å². The zero-order chi connectivity index (χ0) is 13.7. The number of carbonyl (C=O) groups excluding carboxylic acids is 1. The molecule has 1 aliphatic heterocycles. The summed E-state index contributed by atoms with van der Waals surface area (Å²) in [4.78, 5) is 11.8. The Morgan fingerprint density at radius 3 is 2.60 bits per heavy atom. The molecule has 1 aromatic carbocycles. The Hall–Kier alpha value is -1.06. The number of carbonyl (C=O) groups is 1. The van der Waals surface area contributed by atoms with Crippen LogP contribution in [0.15, 0.2) is 24.3 Å². The lowest BCUT2D eigenvalue weighted by Gasteiger charge is -2.11. The van der Waals surface area contributed by atoms with Gasteiger partial charge in [-0.25, -0.2) is 0 Å². The second-order valence-corrected chi connectivity index (χ2v) is 5.65. The van der Waals surface area contributed by atoms with E-state index in [2.05, 4.69) is 48.7 Å². The lowest BCUT2D eigenvalue weighted by atomic mass is 10.0. The lowest BCUT2D eigenvalue weighted by Crippen LogP contribution is -2.36. The second-order valence-electron chi connectivity index (χ2n) is 5.65. The number of aryl methyl sites for hydroxylation is 1. The fourth-order valence-electron chi connectivity index (χ4n) is 2.40. The lowest BCUT2D eigenvalue weighted by molar-refractivity contribution is -0.121. The second kappa shape index (κ2) is 8.28. The summed E-state index contributed by atoms with van der Waals surface area (Å²) in [6, 6.07) is 8.94. The Morgan fingerprint density at radius 2 is 2.05 bits per heavy atom. The number of amides is 1. The summed E-state index contributed by atoms with van der Waals surface area (Å²) < 4.78 is 0. The molecule has 1 atom stereocenters. The van der Waals surface area contributed by atoms with Gasteiger partial charge in [-0.2, -0.15) is 0 Å². The normalized spacial score (nSPS) is 17.9. The minimum absolute atomic E-state index is 0. The predicted molar refractivity (Wildman–Crippen MR) is 85.5 cm³/mol. The molecule has 0 aromatic heterocycles. The van der Waals surface area contributed by atoms with E-state index in [0.717, 1.165) is 25.9 Å². The van der Waals surface area contributed by atoms with E-state index in [1.807, 2.05) is 0 Å². The molecule has 4 heteroatoms. The highest BCUT2D eigenvalue weighted by Crippen LogP contribution is 2.15. The molecule has 1 aliphatic rings. The van der Waals surface area contributed by atoms with Gasteiger partial charge >= 0.3 is 0 Å². The largest absolute Gasteiger partial charge is 0.352 e. The van der Waals surface area contributed by atoms with E-state index < -0.39 is 0 Å². The van der Waals surface area contributed by atoms with E-state index in [4.69, 9.17) is 0 Å². The summed E-state index contributed by atoms with van der Waals surface area (Å²) in [7, 11) is 0. The Kier molecular flexibility index (Phi) is 7.03. The first-order chi connectivity index (χ1) is 9.15. The summed E-state index contributed by atoms with van der Waals surface area (Å²) in [5.41, 5.74) is 2.59. The monoisotopic (exact) mass is 296 g/mol. The van der Waals surface area contributed by atoms with Crippen LogP contribution in [0.5, 0.6) is 0 Å². The minimum atomic E-state index is 0. The fraction of sp³-hybridized carbons (Fsp3) is 0.562. The molecule has 112 valence electrons. The number of halogens is 1. The first-order valence-electron chi connectivity index (χ1n) is 7.24. The van der Waals surface area contributed by atoms with E-state index in [-0.39, 0.29) is 18.3 Å². The average Bonchev–Trinajstić information content (AvgIpc) is 2.89. The van der Waals surface area contributed by atoms with Crippen LogP contribution >= 0.6 is 12.4 Å². The Morgan fingerprint density at radius 1 is 1.35 bits per heavy atom. The molecule has 1 amide bonds. The Balaban J connectivity index is 0.00000200. The predicted octanol–water partition coefficient (Wildman–Crippen LogP) is 2.64. The van der Waals surface area contributed by atoms with Crippen molar-refractivity contribution in [3.05, 3.63) is 35.4 Å². The first kappa shape index (κ1) is 17.0. The van der Waals surface area contributed by atoms with Crippen molar-refractivity contribution in [1.82, 2.24) is 10.6 Å². The number of rotatable bonds is 5. The van der Waals surface area contributed by atoms with Crippen molar-refractivity contribution >= 4 is 18.3 Å². The molecule has 0 bridgehead atoms. The molecule has 2 N–H and O–H groups in total. The number of benzene rings is 1.